The van der Waals surface area contributed by atoms with E-state index >= 15 is 0 Å². The van der Waals surface area contributed by atoms with Gasteiger partial charge in [-0.2, -0.15) is 0 Å². The number of fused-ring (bicyclic) bond motifs is 1. The van der Waals surface area contributed by atoms with Crippen LogP contribution in [0.2, 0.25) is 5.02 Å². The maximum Gasteiger partial charge on any atom is 0.290 e. The second-order valence-corrected chi connectivity index (χ2v) is 7.34. The molecule has 0 radical (unpaired) electrons. The minimum absolute atomic E-state index is 0.127. The molecule has 1 aromatic carbocycles. The Balaban J connectivity index is 1.59. The number of nitrogens with one attached hydrogen (secondary N) is 1. The quantitative estimate of drug-likeness (QED) is 0.733. The molecule has 0 unspecified atom stereocenters. The van der Waals surface area contributed by atoms with Crippen molar-refractivity contribution in [3.63, 3.8) is 0 Å². The average Bonchev–Trinajstić information content (AvgIpc) is 3.13. The van der Waals surface area contributed by atoms with Crippen LogP contribution in [0.3, 0.4) is 0 Å². The molecule has 1 fully saturated rings. The highest BCUT2D eigenvalue weighted by Gasteiger charge is 2.25. The van der Waals surface area contributed by atoms with Crippen LogP contribution < -0.4 is 5.32 Å². The molecule has 1 saturated heterocycles. The predicted octanol–water partition coefficient (Wildman–Crippen LogP) is 3.54. The molecular formula is C21H21ClN4O2. The third kappa shape index (κ3) is 3.73. The van der Waals surface area contributed by atoms with Crippen LogP contribution in [0.15, 0.2) is 48.7 Å². The van der Waals surface area contributed by atoms with E-state index in [1.54, 1.807) is 28.8 Å². The largest absolute Gasteiger partial charge is 0.347 e. The summed E-state index contributed by atoms with van der Waals surface area (Å²) in [7, 11) is 0. The van der Waals surface area contributed by atoms with Gasteiger partial charge in [-0.3, -0.25) is 14.0 Å². The topological polar surface area (TPSA) is 66.7 Å². The highest BCUT2D eigenvalue weighted by molar-refractivity contribution is 6.30. The number of nitrogens with zero attached hydrogens (tertiary/aromatic N) is 3. The Labute approximate surface area is 168 Å². The van der Waals surface area contributed by atoms with Gasteiger partial charge in [0.25, 0.3) is 11.8 Å². The molecule has 1 N–H and O–H groups in total. The number of hydrogen-bond donors (Lipinski definition) is 1. The molecule has 3 heterocycles. The van der Waals surface area contributed by atoms with Crippen LogP contribution >= 0.6 is 11.6 Å². The summed E-state index contributed by atoms with van der Waals surface area (Å²) in [5, 5.41) is 3.53. The zero-order valence-electron chi connectivity index (χ0n) is 15.4. The Morgan fingerprint density at radius 2 is 1.79 bits per heavy atom. The fraction of sp³-hybridized carbons (Fsp3) is 0.286. The molecule has 0 atom stereocenters. The van der Waals surface area contributed by atoms with Crippen molar-refractivity contribution < 1.29 is 9.59 Å². The third-order valence-corrected chi connectivity index (χ3v) is 5.22. The van der Waals surface area contributed by atoms with Crippen LogP contribution in [0.25, 0.3) is 5.52 Å². The van der Waals surface area contributed by atoms with Gasteiger partial charge in [0, 0.05) is 30.9 Å². The molecule has 144 valence electrons. The minimum atomic E-state index is -0.309. The average molecular weight is 397 g/mol. The summed E-state index contributed by atoms with van der Waals surface area (Å²) < 4.78 is 1.70. The van der Waals surface area contributed by atoms with Crippen molar-refractivity contribution in [2.45, 2.75) is 25.8 Å². The smallest absolute Gasteiger partial charge is 0.290 e. The number of carbonyl (C=O) groups excluding carboxylic acids is 2. The van der Waals surface area contributed by atoms with Crippen molar-refractivity contribution in [1.29, 1.82) is 0 Å². The maximum atomic E-state index is 13.0. The Bertz CT molecular complexity index is 1010. The summed E-state index contributed by atoms with van der Waals surface area (Å²) in [5.41, 5.74) is 1.82. The number of imidazole rings is 1. The van der Waals surface area contributed by atoms with Crippen LogP contribution in [0.1, 0.15) is 45.9 Å². The first kappa shape index (κ1) is 18.5. The molecule has 0 spiro atoms. The van der Waals surface area contributed by atoms with Gasteiger partial charge in [-0.05, 0) is 49.1 Å². The van der Waals surface area contributed by atoms with Gasteiger partial charge >= 0.3 is 0 Å². The zero-order chi connectivity index (χ0) is 19.5. The zero-order valence-corrected chi connectivity index (χ0v) is 16.2. The van der Waals surface area contributed by atoms with Crippen molar-refractivity contribution in [3.8, 4) is 0 Å². The number of halogens is 1. The number of amides is 2. The molecular weight excluding hydrogens is 376 g/mol. The summed E-state index contributed by atoms with van der Waals surface area (Å²) in [6, 6.07) is 12.8. The number of piperidine rings is 1. The summed E-state index contributed by atoms with van der Waals surface area (Å²) in [5.74, 6) is -0.150. The maximum absolute atomic E-state index is 13.0. The van der Waals surface area contributed by atoms with Crippen LogP contribution in [0.4, 0.5) is 0 Å². The van der Waals surface area contributed by atoms with E-state index in [-0.39, 0.29) is 23.3 Å². The molecule has 4 rings (SSSR count). The van der Waals surface area contributed by atoms with Crippen LogP contribution in [0.5, 0.6) is 0 Å². The lowest BCUT2D eigenvalue weighted by Crippen LogP contribution is -2.36. The summed E-state index contributed by atoms with van der Waals surface area (Å²) >= 11 is 5.90. The molecule has 1 aliphatic heterocycles. The Kier molecular flexibility index (Phi) is 5.30. The Morgan fingerprint density at radius 3 is 2.54 bits per heavy atom. The molecule has 2 aromatic heterocycles. The summed E-state index contributed by atoms with van der Waals surface area (Å²) in [4.78, 5) is 32.0. The first-order valence-electron chi connectivity index (χ1n) is 9.42. The van der Waals surface area contributed by atoms with E-state index in [1.165, 1.54) is 0 Å². The molecule has 2 amide bonds. The monoisotopic (exact) mass is 396 g/mol. The number of aromatic nitrogens is 2. The van der Waals surface area contributed by atoms with Crippen molar-refractivity contribution >= 4 is 28.9 Å². The molecule has 0 aliphatic carbocycles. The lowest BCUT2D eigenvalue weighted by Gasteiger charge is -2.25. The highest BCUT2D eigenvalue weighted by Crippen LogP contribution is 2.18. The first-order valence-corrected chi connectivity index (χ1v) is 9.80. The molecule has 1 aliphatic rings. The number of likely N-dealkylation sites (tertiary alicyclic amines) is 1. The number of carbonyl (C=O) groups is 2. The highest BCUT2D eigenvalue weighted by atomic mass is 35.5. The van der Waals surface area contributed by atoms with Gasteiger partial charge in [-0.15, -0.1) is 0 Å². The first-order chi connectivity index (χ1) is 13.6. The molecule has 28 heavy (non-hydrogen) atoms. The lowest BCUT2D eigenvalue weighted by molar-refractivity contribution is 0.0711. The fourth-order valence-corrected chi connectivity index (χ4v) is 3.59. The van der Waals surface area contributed by atoms with E-state index in [9.17, 15) is 9.59 Å². The van der Waals surface area contributed by atoms with Gasteiger partial charge in [-0.1, -0.05) is 29.8 Å². The standard InChI is InChI=1S/C21H21ClN4O2/c22-16-9-7-15(8-10-16)14-23-20(27)18-17-6-2-5-13-26(17)19(24-18)21(28)25-11-3-1-4-12-25/h2,5-10,13H,1,3-4,11-12,14H2,(H,23,27). The van der Waals surface area contributed by atoms with Gasteiger partial charge in [0.15, 0.2) is 5.69 Å². The Morgan fingerprint density at radius 1 is 1.04 bits per heavy atom. The van der Waals surface area contributed by atoms with Crippen LogP contribution in [0, 0.1) is 0 Å². The Hall–Kier alpha value is -2.86. The number of hydrogen-bond acceptors (Lipinski definition) is 3. The third-order valence-electron chi connectivity index (χ3n) is 4.96. The molecule has 6 nitrogen and oxygen atoms in total. The second kappa shape index (κ2) is 8.02. The van der Waals surface area contributed by atoms with E-state index in [0.29, 0.717) is 17.1 Å². The predicted molar refractivity (Wildman–Crippen MR) is 108 cm³/mol. The van der Waals surface area contributed by atoms with Crippen molar-refractivity contribution in [1.82, 2.24) is 19.6 Å². The number of benzene rings is 1. The summed E-state index contributed by atoms with van der Waals surface area (Å²) in [6.45, 7) is 1.83. The van der Waals surface area contributed by atoms with Gasteiger partial charge in [0.2, 0.25) is 5.82 Å². The van der Waals surface area contributed by atoms with E-state index in [4.69, 9.17) is 11.6 Å². The normalized spacial score (nSPS) is 14.2. The molecule has 0 saturated carbocycles. The lowest BCUT2D eigenvalue weighted by atomic mass is 10.1. The van der Waals surface area contributed by atoms with E-state index in [0.717, 1.165) is 37.9 Å². The molecule has 0 bridgehead atoms. The SMILES string of the molecule is O=C(NCc1ccc(Cl)cc1)c1nc(C(=O)N2CCCCC2)n2ccccc12. The van der Waals surface area contributed by atoms with Crippen LogP contribution in [-0.4, -0.2) is 39.2 Å². The van der Waals surface area contributed by atoms with Gasteiger partial charge in [0.05, 0.1) is 5.52 Å². The van der Waals surface area contributed by atoms with Crippen LogP contribution in [-0.2, 0) is 6.54 Å². The minimum Gasteiger partial charge on any atom is -0.347 e. The van der Waals surface area contributed by atoms with Gasteiger partial charge < -0.3 is 10.2 Å². The van der Waals surface area contributed by atoms with Gasteiger partial charge in [0.1, 0.15) is 0 Å². The fourth-order valence-electron chi connectivity index (χ4n) is 3.46. The van der Waals surface area contributed by atoms with E-state index in [1.807, 2.05) is 29.2 Å². The second-order valence-electron chi connectivity index (χ2n) is 6.90. The van der Waals surface area contributed by atoms with Crippen molar-refractivity contribution in [2.24, 2.45) is 0 Å². The van der Waals surface area contributed by atoms with E-state index < -0.39 is 0 Å². The molecule has 3 aromatic rings. The van der Waals surface area contributed by atoms with Crippen molar-refractivity contribution in [2.75, 3.05) is 13.1 Å². The van der Waals surface area contributed by atoms with Gasteiger partial charge in [-0.25, -0.2) is 4.98 Å². The van der Waals surface area contributed by atoms with Crippen molar-refractivity contribution in [3.05, 3.63) is 70.8 Å². The van der Waals surface area contributed by atoms with E-state index in [2.05, 4.69) is 10.3 Å². The number of pyridine rings is 1. The number of rotatable bonds is 4. The summed E-state index contributed by atoms with van der Waals surface area (Å²) in [6.07, 6.45) is 4.92. The molecule has 7 heteroatoms.